The van der Waals surface area contributed by atoms with E-state index in [1.807, 2.05) is 90.1 Å². The van der Waals surface area contributed by atoms with E-state index in [0.29, 0.717) is 31.4 Å². The van der Waals surface area contributed by atoms with Gasteiger partial charge in [0.2, 0.25) is 0 Å². The van der Waals surface area contributed by atoms with E-state index in [1.165, 1.54) is 0 Å². The highest BCUT2D eigenvalue weighted by Crippen LogP contribution is 2.21. The molecule has 0 unspecified atom stereocenters. The molecule has 4 nitrogen and oxygen atoms in total. The first-order valence-electron chi connectivity index (χ1n) is 11.2. The molecule has 0 spiro atoms. The van der Waals surface area contributed by atoms with Crippen LogP contribution in [-0.2, 0) is 9.59 Å². The Morgan fingerprint density at radius 1 is 0.719 bits per heavy atom. The molecular weight excluding hydrogens is 400 g/mol. The Kier molecular flexibility index (Phi) is 8.82. The Morgan fingerprint density at radius 3 is 1.66 bits per heavy atom. The first-order chi connectivity index (χ1) is 14.9. The van der Waals surface area contributed by atoms with Crippen molar-refractivity contribution in [2.45, 2.75) is 72.8 Å². The molecule has 0 fully saturated rings. The fourth-order valence-electron chi connectivity index (χ4n) is 2.95. The van der Waals surface area contributed by atoms with Gasteiger partial charge < -0.3 is 9.47 Å². The summed E-state index contributed by atoms with van der Waals surface area (Å²) < 4.78 is 11.2. The van der Waals surface area contributed by atoms with Gasteiger partial charge in [-0.15, -0.1) is 0 Å². The van der Waals surface area contributed by atoms with Crippen LogP contribution in [0.2, 0.25) is 0 Å². The topological polar surface area (TPSA) is 52.6 Å². The number of hydrogen-bond donors (Lipinski definition) is 0. The van der Waals surface area contributed by atoms with Crippen LogP contribution < -0.4 is 9.47 Å². The normalized spacial score (nSPS) is 12.1. The van der Waals surface area contributed by atoms with Crippen LogP contribution in [-0.4, -0.2) is 17.4 Å². The Labute approximate surface area is 192 Å². The van der Waals surface area contributed by atoms with Gasteiger partial charge in [-0.25, -0.2) is 0 Å². The van der Waals surface area contributed by atoms with Gasteiger partial charge in [-0.3, -0.25) is 9.59 Å². The van der Waals surface area contributed by atoms with Crippen LogP contribution in [0.25, 0.3) is 12.2 Å². The van der Waals surface area contributed by atoms with Gasteiger partial charge in [-0.1, -0.05) is 57.2 Å². The maximum absolute atomic E-state index is 12.0. The predicted octanol–water partition coefficient (Wildman–Crippen LogP) is 7.12. The summed E-state index contributed by atoms with van der Waals surface area (Å²) in [6, 6.07) is 15.4. The highest BCUT2D eigenvalue weighted by Gasteiger charge is 2.20. The Morgan fingerprint density at radius 2 is 1.19 bits per heavy atom. The van der Waals surface area contributed by atoms with Gasteiger partial charge >= 0.3 is 5.97 Å². The number of benzene rings is 2. The highest BCUT2D eigenvalue weighted by molar-refractivity contribution is 5.83. The molecule has 2 rings (SSSR count). The fourth-order valence-corrected chi connectivity index (χ4v) is 2.95. The van der Waals surface area contributed by atoms with Crippen LogP contribution in [0, 0.1) is 5.41 Å². The number of rotatable bonds is 9. The van der Waals surface area contributed by atoms with Crippen molar-refractivity contribution in [3.8, 4) is 11.5 Å². The molecule has 0 N–H and O–H groups in total. The molecule has 0 aromatic heterocycles. The summed E-state index contributed by atoms with van der Waals surface area (Å²) in [6.07, 6.45) is 6.22. The summed E-state index contributed by atoms with van der Waals surface area (Å²) in [5.41, 5.74) is 1.56. The maximum Gasteiger partial charge on any atom is 0.311 e. The molecule has 0 saturated carbocycles. The Hall–Kier alpha value is -2.88. The first-order valence-corrected chi connectivity index (χ1v) is 11.2. The van der Waals surface area contributed by atoms with Gasteiger partial charge in [0.15, 0.2) is 0 Å². The molecule has 0 bridgehead atoms. The van der Waals surface area contributed by atoms with E-state index in [4.69, 9.17) is 9.47 Å². The van der Waals surface area contributed by atoms with Gasteiger partial charge in [0.25, 0.3) is 0 Å². The minimum absolute atomic E-state index is 0.214. The summed E-state index contributed by atoms with van der Waals surface area (Å²) in [6.45, 7) is 11.8. The van der Waals surface area contributed by atoms with E-state index in [0.717, 1.165) is 16.9 Å². The van der Waals surface area contributed by atoms with Gasteiger partial charge in [0.1, 0.15) is 22.9 Å². The van der Waals surface area contributed by atoms with Crippen LogP contribution in [0.3, 0.4) is 0 Å². The second-order valence-electron chi connectivity index (χ2n) is 10.0. The highest BCUT2D eigenvalue weighted by atomic mass is 16.5. The number of Topliss-reactive ketones (excluding diaryl/α,β-unsaturated/α-hetero) is 1. The lowest BCUT2D eigenvalue weighted by Gasteiger charge is -2.21. The molecule has 0 heterocycles. The van der Waals surface area contributed by atoms with Gasteiger partial charge in [-0.05, 0) is 69.0 Å². The van der Waals surface area contributed by atoms with E-state index < -0.39 is 0 Å². The number of ketones is 1. The lowest BCUT2D eigenvalue weighted by molar-refractivity contribution is -0.134. The molecule has 0 saturated heterocycles. The van der Waals surface area contributed by atoms with Gasteiger partial charge in [-0.2, -0.15) is 0 Å². The number of unbranched alkanes of at least 4 members (excludes halogenated alkanes) is 1. The van der Waals surface area contributed by atoms with Gasteiger partial charge in [0, 0.05) is 18.3 Å². The van der Waals surface area contributed by atoms with Gasteiger partial charge in [0.05, 0.1) is 0 Å². The molecule has 4 heteroatoms. The molecule has 0 atom stereocenters. The molecule has 32 heavy (non-hydrogen) atoms. The van der Waals surface area contributed by atoms with Crippen LogP contribution in [0.15, 0.2) is 48.5 Å². The molecule has 0 radical (unpaired) electrons. The monoisotopic (exact) mass is 436 g/mol. The van der Waals surface area contributed by atoms with Crippen molar-refractivity contribution in [1.29, 1.82) is 0 Å². The van der Waals surface area contributed by atoms with Crippen molar-refractivity contribution < 1.29 is 19.1 Å². The number of carbonyl (C=O) groups excluding carboxylic acids is 2. The molecule has 0 aliphatic rings. The van der Waals surface area contributed by atoms with Crippen LogP contribution in [0.5, 0.6) is 11.5 Å². The van der Waals surface area contributed by atoms with E-state index in [-0.39, 0.29) is 22.8 Å². The second kappa shape index (κ2) is 11.1. The standard InChI is InChI=1S/C28H36O4/c1-27(2,3)25(29)9-7-8-10-26(30)31-23-17-13-21(14-18-23)11-12-22-15-19-24(20-16-22)32-28(4,5)6/h11-20H,7-10H2,1-6H3. The quantitative estimate of drug-likeness (QED) is 0.182. The zero-order chi connectivity index (χ0) is 23.8. The molecule has 0 amide bonds. The molecule has 2 aromatic rings. The third-order valence-electron chi connectivity index (χ3n) is 4.76. The van der Waals surface area contributed by atoms with Crippen LogP contribution in [0.1, 0.15) is 78.4 Å². The summed E-state index contributed by atoms with van der Waals surface area (Å²) >= 11 is 0. The number of esters is 1. The van der Waals surface area contributed by atoms with E-state index in [9.17, 15) is 9.59 Å². The SMILES string of the molecule is CC(C)(C)Oc1ccc(C=Cc2ccc(OC(=O)CCCCC(=O)C(C)(C)C)cc2)cc1. The lowest BCUT2D eigenvalue weighted by atomic mass is 9.88. The molecule has 2 aromatic carbocycles. The van der Waals surface area contributed by atoms with Crippen molar-refractivity contribution >= 4 is 23.9 Å². The minimum Gasteiger partial charge on any atom is -0.488 e. The van der Waals surface area contributed by atoms with Crippen molar-refractivity contribution in [2.24, 2.45) is 5.41 Å². The number of carbonyl (C=O) groups is 2. The number of hydrogen-bond acceptors (Lipinski definition) is 4. The fraction of sp³-hybridized carbons (Fsp3) is 0.429. The second-order valence-corrected chi connectivity index (χ2v) is 10.0. The molecular formula is C28H36O4. The van der Waals surface area contributed by atoms with Crippen molar-refractivity contribution in [3.05, 3.63) is 59.7 Å². The lowest BCUT2D eigenvalue weighted by Crippen LogP contribution is -2.22. The van der Waals surface area contributed by atoms with Crippen molar-refractivity contribution in [2.75, 3.05) is 0 Å². The molecule has 0 aliphatic carbocycles. The van der Waals surface area contributed by atoms with Crippen LogP contribution >= 0.6 is 0 Å². The van der Waals surface area contributed by atoms with Crippen LogP contribution in [0.4, 0.5) is 0 Å². The van der Waals surface area contributed by atoms with E-state index in [1.54, 1.807) is 12.1 Å². The minimum atomic E-state index is -0.319. The third kappa shape index (κ3) is 9.51. The summed E-state index contributed by atoms with van der Waals surface area (Å²) in [5.74, 6) is 1.33. The smallest absolute Gasteiger partial charge is 0.311 e. The zero-order valence-electron chi connectivity index (χ0n) is 20.2. The maximum atomic E-state index is 12.0. The Bertz CT molecular complexity index is 908. The molecule has 0 aliphatic heterocycles. The number of ether oxygens (including phenoxy) is 2. The third-order valence-corrected chi connectivity index (χ3v) is 4.76. The first kappa shape index (κ1) is 25.4. The molecule has 172 valence electrons. The Balaban J connectivity index is 1.79. The largest absolute Gasteiger partial charge is 0.488 e. The zero-order valence-corrected chi connectivity index (χ0v) is 20.2. The van der Waals surface area contributed by atoms with E-state index >= 15 is 0 Å². The summed E-state index contributed by atoms with van der Waals surface area (Å²) in [7, 11) is 0. The predicted molar refractivity (Wildman–Crippen MR) is 131 cm³/mol. The summed E-state index contributed by atoms with van der Waals surface area (Å²) in [4.78, 5) is 23.9. The van der Waals surface area contributed by atoms with Crippen molar-refractivity contribution in [3.63, 3.8) is 0 Å². The average molecular weight is 437 g/mol. The van der Waals surface area contributed by atoms with Crippen molar-refractivity contribution in [1.82, 2.24) is 0 Å². The summed E-state index contributed by atoms with van der Waals surface area (Å²) in [5, 5.41) is 0. The average Bonchev–Trinajstić information content (AvgIpc) is 2.70. The van der Waals surface area contributed by atoms with E-state index in [2.05, 4.69) is 0 Å².